The number of benzene rings is 1. The molecule has 2 N–H and O–H groups in total. The van der Waals surface area contributed by atoms with Gasteiger partial charge in [-0.1, -0.05) is 12.1 Å². The van der Waals surface area contributed by atoms with Crippen molar-refractivity contribution in [2.24, 2.45) is 0 Å². The van der Waals surface area contributed by atoms with Crippen LogP contribution >= 0.6 is 0 Å². The van der Waals surface area contributed by atoms with E-state index in [0.29, 0.717) is 6.04 Å². The van der Waals surface area contributed by atoms with E-state index < -0.39 is 0 Å². The first kappa shape index (κ1) is 13.1. The number of para-hydroxylation sites is 2. The summed E-state index contributed by atoms with van der Waals surface area (Å²) < 4.78 is 0. The van der Waals surface area contributed by atoms with Crippen LogP contribution in [0.25, 0.3) is 11.0 Å². The molecule has 1 aromatic carbocycles. The number of piperidine rings is 1. The number of nitrogens with zero attached hydrogens (tertiary/aromatic N) is 3. The number of aromatic nitrogens is 2. The molecule has 0 bridgehead atoms. The Hall–Kier alpha value is -1.88. The molecular formula is C15H21N5. The van der Waals surface area contributed by atoms with Crippen LogP contribution < -0.4 is 15.5 Å². The summed E-state index contributed by atoms with van der Waals surface area (Å²) in [5.41, 5.74) is 1.87. The topological polar surface area (TPSA) is 53.1 Å². The fourth-order valence-corrected chi connectivity index (χ4v) is 2.74. The molecule has 0 unspecified atom stereocenters. The van der Waals surface area contributed by atoms with E-state index in [2.05, 4.69) is 27.6 Å². The van der Waals surface area contributed by atoms with Crippen molar-refractivity contribution in [1.82, 2.24) is 15.3 Å². The van der Waals surface area contributed by atoms with Gasteiger partial charge in [0.2, 0.25) is 0 Å². The van der Waals surface area contributed by atoms with Gasteiger partial charge in [-0.05, 0) is 31.5 Å². The number of fused-ring (bicyclic) bond motifs is 1. The van der Waals surface area contributed by atoms with E-state index in [9.17, 15) is 0 Å². The van der Waals surface area contributed by atoms with Gasteiger partial charge < -0.3 is 15.5 Å². The molecule has 0 amide bonds. The zero-order valence-corrected chi connectivity index (χ0v) is 12.1. The van der Waals surface area contributed by atoms with Gasteiger partial charge in [0.15, 0.2) is 11.6 Å². The van der Waals surface area contributed by atoms with Gasteiger partial charge in [-0.15, -0.1) is 0 Å². The van der Waals surface area contributed by atoms with Crippen molar-refractivity contribution in [2.45, 2.75) is 18.9 Å². The summed E-state index contributed by atoms with van der Waals surface area (Å²) in [6.07, 6.45) is 2.41. The molecule has 0 saturated carbocycles. The van der Waals surface area contributed by atoms with Crippen molar-refractivity contribution in [3.63, 3.8) is 0 Å². The molecule has 0 aliphatic carbocycles. The molecule has 5 heteroatoms. The standard InChI is InChI=1S/C15H21N5/c1-16-14-15(20(2)11-6-5-9-17-10-11)19-13-8-4-3-7-12(13)18-14/h3-4,7-8,11,17H,5-6,9-10H2,1-2H3,(H,16,18)/t11-/m0/s1. The molecule has 1 aliphatic heterocycles. The van der Waals surface area contributed by atoms with Crippen LogP contribution in [0.2, 0.25) is 0 Å². The number of hydrogen-bond acceptors (Lipinski definition) is 5. The molecule has 1 aromatic heterocycles. The highest BCUT2D eigenvalue weighted by molar-refractivity contribution is 5.80. The van der Waals surface area contributed by atoms with Gasteiger partial charge in [-0.25, -0.2) is 9.97 Å². The second-order valence-electron chi connectivity index (χ2n) is 5.25. The van der Waals surface area contributed by atoms with E-state index in [1.807, 2.05) is 31.3 Å². The molecule has 0 radical (unpaired) electrons. The summed E-state index contributed by atoms with van der Waals surface area (Å²) in [6.45, 7) is 2.13. The molecule has 1 aliphatic rings. The van der Waals surface area contributed by atoms with Crippen molar-refractivity contribution in [3.05, 3.63) is 24.3 Å². The maximum absolute atomic E-state index is 4.79. The Morgan fingerprint density at radius 1 is 1.25 bits per heavy atom. The van der Waals surface area contributed by atoms with Crippen molar-refractivity contribution in [3.8, 4) is 0 Å². The monoisotopic (exact) mass is 271 g/mol. The van der Waals surface area contributed by atoms with E-state index in [1.54, 1.807) is 0 Å². The Bertz CT molecular complexity index is 592. The zero-order valence-electron chi connectivity index (χ0n) is 12.1. The summed E-state index contributed by atoms with van der Waals surface area (Å²) >= 11 is 0. The van der Waals surface area contributed by atoms with E-state index in [0.717, 1.165) is 35.8 Å². The highest BCUT2D eigenvalue weighted by Crippen LogP contribution is 2.26. The molecule has 2 heterocycles. The first-order chi connectivity index (χ1) is 9.79. The van der Waals surface area contributed by atoms with Crippen LogP contribution in [0, 0.1) is 0 Å². The maximum Gasteiger partial charge on any atom is 0.172 e. The van der Waals surface area contributed by atoms with Crippen LogP contribution in [0.3, 0.4) is 0 Å². The minimum absolute atomic E-state index is 0.478. The molecule has 1 fully saturated rings. The van der Waals surface area contributed by atoms with Crippen LogP contribution in [-0.2, 0) is 0 Å². The SMILES string of the molecule is CNc1nc2ccccc2nc1N(C)[C@H]1CCCNC1. The lowest BCUT2D eigenvalue weighted by Gasteiger charge is -2.33. The van der Waals surface area contributed by atoms with Crippen molar-refractivity contribution in [2.75, 3.05) is 37.4 Å². The largest absolute Gasteiger partial charge is 0.370 e. The highest BCUT2D eigenvalue weighted by Gasteiger charge is 2.21. The maximum atomic E-state index is 4.79. The number of rotatable bonds is 3. The smallest absolute Gasteiger partial charge is 0.172 e. The Balaban J connectivity index is 1.99. The second-order valence-corrected chi connectivity index (χ2v) is 5.25. The molecule has 106 valence electrons. The second kappa shape index (κ2) is 5.63. The van der Waals surface area contributed by atoms with E-state index in [4.69, 9.17) is 4.98 Å². The third kappa shape index (κ3) is 2.41. The van der Waals surface area contributed by atoms with Gasteiger partial charge in [-0.2, -0.15) is 0 Å². The third-order valence-corrected chi connectivity index (χ3v) is 3.94. The Morgan fingerprint density at radius 3 is 2.65 bits per heavy atom. The lowest BCUT2D eigenvalue weighted by atomic mass is 10.1. The van der Waals surface area contributed by atoms with Gasteiger partial charge in [0, 0.05) is 26.7 Å². The predicted octanol–water partition coefficient (Wildman–Crippen LogP) is 1.86. The first-order valence-electron chi connectivity index (χ1n) is 7.17. The van der Waals surface area contributed by atoms with Crippen LogP contribution in [0.5, 0.6) is 0 Å². The third-order valence-electron chi connectivity index (χ3n) is 3.94. The zero-order chi connectivity index (χ0) is 13.9. The first-order valence-corrected chi connectivity index (χ1v) is 7.17. The Morgan fingerprint density at radius 2 is 2.00 bits per heavy atom. The number of hydrogen-bond donors (Lipinski definition) is 2. The fraction of sp³-hybridized carbons (Fsp3) is 0.467. The quantitative estimate of drug-likeness (QED) is 0.892. The highest BCUT2D eigenvalue weighted by atomic mass is 15.2. The summed E-state index contributed by atoms with van der Waals surface area (Å²) in [6, 6.07) is 8.48. The fourth-order valence-electron chi connectivity index (χ4n) is 2.74. The summed E-state index contributed by atoms with van der Waals surface area (Å²) in [5, 5.41) is 6.62. The van der Waals surface area contributed by atoms with Crippen molar-refractivity contribution < 1.29 is 0 Å². The average Bonchev–Trinajstić information content (AvgIpc) is 2.53. The minimum Gasteiger partial charge on any atom is -0.370 e. The molecular weight excluding hydrogens is 250 g/mol. The number of nitrogens with one attached hydrogen (secondary N) is 2. The molecule has 2 aromatic rings. The molecule has 20 heavy (non-hydrogen) atoms. The predicted molar refractivity (Wildman–Crippen MR) is 83.4 cm³/mol. The lowest BCUT2D eigenvalue weighted by Crippen LogP contribution is -2.44. The van der Waals surface area contributed by atoms with Crippen molar-refractivity contribution in [1.29, 1.82) is 0 Å². The van der Waals surface area contributed by atoms with E-state index in [-0.39, 0.29) is 0 Å². The van der Waals surface area contributed by atoms with Crippen LogP contribution in [0.1, 0.15) is 12.8 Å². The van der Waals surface area contributed by atoms with Gasteiger partial charge >= 0.3 is 0 Å². The number of anilines is 2. The van der Waals surface area contributed by atoms with Gasteiger partial charge in [-0.3, -0.25) is 0 Å². The molecule has 0 spiro atoms. The molecule has 5 nitrogen and oxygen atoms in total. The molecule has 3 rings (SSSR count). The Labute approximate surface area is 119 Å². The number of likely N-dealkylation sites (N-methyl/N-ethyl adjacent to an activating group) is 1. The van der Waals surface area contributed by atoms with Gasteiger partial charge in [0.25, 0.3) is 0 Å². The Kier molecular flexibility index (Phi) is 3.69. The average molecular weight is 271 g/mol. The summed E-state index contributed by atoms with van der Waals surface area (Å²) in [4.78, 5) is 11.7. The summed E-state index contributed by atoms with van der Waals surface area (Å²) in [7, 11) is 4.01. The van der Waals surface area contributed by atoms with Crippen LogP contribution in [-0.4, -0.2) is 43.2 Å². The normalized spacial score (nSPS) is 19.0. The van der Waals surface area contributed by atoms with E-state index in [1.165, 1.54) is 12.8 Å². The van der Waals surface area contributed by atoms with Gasteiger partial charge in [0.05, 0.1) is 11.0 Å². The lowest BCUT2D eigenvalue weighted by molar-refractivity contribution is 0.443. The van der Waals surface area contributed by atoms with E-state index >= 15 is 0 Å². The molecule has 1 saturated heterocycles. The van der Waals surface area contributed by atoms with Crippen molar-refractivity contribution >= 4 is 22.7 Å². The minimum atomic E-state index is 0.478. The summed E-state index contributed by atoms with van der Waals surface area (Å²) in [5.74, 6) is 1.77. The molecule has 1 atom stereocenters. The van der Waals surface area contributed by atoms with Crippen LogP contribution in [0.4, 0.5) is 11.6 Å². The van der Waals surface area contributed by atoms with Crippen LogP contribution in [0.15, 0.2) is 24.3 Å². The van der Waals surface area contributed by atoms with Gasteiger partial charge in [0.1, 0.15) is 0 Å².